The predicted molar refractivity (Wildman–Crippen MR) is 130 cm³/mol. The summed E-state index contributed by atoms with van der Waals surface area (Å²) in [5, 5.41) is 23.3. The number of H-pyrrole nitrogens is 1. The first-order valence-electron chi connectivity index (χ1n) is 9.90. The van der Waals surface area contributed by atoms with Crippen molar-refractivity contribution in [3.8, 4) is 17.1 Å². The van der Waals surface area contributed by atoms with Gasteiger partial charge in [-0.3, -0.25) is 14.8 Å². The number of nitro groups is 1. The van der Waals surface area contributed by atoms with Crippen LogP contribution in [-0.4, -0.2) is 28.4 Å². The van der Waals surface area contributed by atoms with Crippen LogP contribution in [0.4, 0.5) is 11.4 Å². The van der Waals surface area contributed by atoms with E-state index in [-0.39, 0.29) is 22.2 Å². The summed E-state index contributed by atoms with van der Waals surface area (Å²) >= 11 is 6.43. The second kappa shape index (κ2) is 8.01. The molecule has 0 spiro atoms. The molecule has 0 aliphatic rings. The lowest BCUT2D eigenvalue weighted by atomic mass is 10.1. The maximum absolute atomic E-state index is 12.8. The molecular weight excluding hydrogens is 480 g/mol. The van der Waals surface area contributed by atoms with Crippen molar-refractivity contribution in [2.24, 2.45) is 0 Å². The summed E-state index contributed by atoms with van der Waals surface area (Å²) < 4.78 is 28.1. The van der Waals surface area contributed by atoms with Gasteiger partial charge in [0.2, 0.25) is 0 Å². The van der Waals surface area contributed by atoms with Crippen LogP contribution in [-0.2, 0) is 10.0 Å². The van der Waals surface area contributed by atoms with Crippen molar-refractivity contribution in [2.75, 3.05) is 4.72 Å². The van der Waals surface area contributed by atoms with Gasteiger partial charge in [-0.1, -0.05) is 35.9 Å². The number of sulfonamides is 1. The number of para-hydroxylation sites is 1. The van der Waals surface area contributed by atoms with Crippen LogP contribution >= 0.6 is 11.6 Å². The summed E-state index contributed by atoms with van der Waals surface area (Å²) in [7, 11) is -4.11. The number of fused-ring (bicyclic) bond motifs is 2. The minimum absolute atomic E-state index is 0.146. The van der Waals surface area contributed by atoms with Crippen LogP contribution in [0.2, 0.25) is 5.02 Å². The molecule has 5 rings (SSSR count). The molecule has 0 radical (unpaired) electrons. The zero-order valence-electron chi connectivity index (χ0n) is 17.2. The molecule has 0 amide bonds. The van der Waals surface area contributed by atoms with Gasteiger partial charge in [-0.15, -0.1) is 0 Å². The van der Waals surface area contributed by atoms with Crippen LogP contribution in [0, 0.1) is 10.1 Å². The molecule has 3 N–H and O–H groups in total. The summed E-state index contributed by atoms with van der Waals surface area (Å²) in [5.41, 5.74) is 1.82. The lowest BCUT2D eigenvalue weighted by molar-refractivity contribution is -0.385. The fraction of sp³-hybridized carbons (Fsp3) is 0. The van der Waals surface area contributed by atoms with Crippen molar-refractivity contribution < 1.29 is 18.4 Å². The Labute approximate surface area is 197 Å². The number of nitro benzene ring substituents is 1. The lowest BCUT2D eigenvalue weighted by Gasteiger charge is -2.09. The zero-order valence-corrected chi connectivity index (χ0v) is 18.8. The molecule has 0 unspecified atom stereocenters. The maximum atomic E-state index is 12.8. The Kier molecular flexibility index (Phi) is 5.11. The monoisotopic (exact) mass is 494 g/mol. The van der Waals surface area contributed by atoms with Crippen molar-refractivity contribution in [3.05, 3.63) is 87.9 Å². The summed E-state index contributed by atoms with van der Waals surface area (Å²) in [6, 6.07) is 18.4. The highest BCUT2D eigenvalue weighted by Crippen LogP contribution is 2.39. The summed E-state index contributed by atoms with van der Waals surface area (Å²) in [6.07, 6.45) is 0. The maximum Gasteiger partial charge on any atom is 0.270 e. The molecule has 2 aromatic heterocycles. The number of rotatable bonds is 5. The van der Waals surface area contributed by atoms with Gasteiger partial charge in [0.25, 0.3) is 15.7 Å². The van der Waals surface area contributed by atoms with Gasteiger partial charge in [0, 0.05) is 34.1 Å². The Bertz CT molecular complexity index is 1720. The predicted octanol–water partition coefficient (Wildman–Crippen LogP) is 5.45. The molecule has 170 valence electrons. The second-order valence-electron chi connectivity index (χ2n) is 7.48. The third-order valence-electron chi connectivity index (χ3n) is 5.29. The van der Waals surface area contributed by atoms with E-state index in [2.05, 4.69) is 14.7 Å². The smallest absolute Gasteiger partial charge is 0.270 e. The summed E-state index contributed by atoms with van der Waals surface area (Å²) in [5.74, 6) is -0.146. The highest BCUT2D eigenvalue weighted by atomic mass is 35.5. The zero-order chi connectivity index (χ0) is 24.0. The number of hydrogen-bond acceptors (Lipinski definition) is 6. The van der Waals surface area contributed by atoms with E-state index < -0.39 is 14.9 Å². The molecule has 0 bridgehead atoms. The number of anilines is 1. The van der Waals surface area contributed by atoms with Crippen LogP contribution in [0.3, 0.4) is 0 Å². The van der Waals surface area contributed by atoms with Gasteiger partial charge >= 0.3 is 0 Å². The van der Waals surface area contributed by atoms with E-state index in [4.69, 9.17) is 11.6 Å². The average molecular weight is 495 g/mol. The number of non-ortho nitro benzene ring substituents is 1. The molecule has 3 aromatic carbocycles. The van der Waals surface area contributed by atoms with Gasteiger partial charge in [-0.2, -0.15) is 0 Å². The van der Waals surface area contributed by atoms with Crippen LogP contribution in [0.25, 0.3) is 33.1 Å². The van der Waals surface area contributed by atoms with E-state index >= 15 is 0 Å². The molecule has 9 nitrogen and oxygen atoms in total. The molecular formula is C23H15ClN4O5S. The van der Waals surface area contributed by atoms with Crippen molar-refractivity contribution in [1.29, 1.82) is 0 Å². The van der Waals surface area contributed by atoms with E-state index in [1.165, 1.54) is 24.3 Å². The van der Waals surface area contributed by atoms with Crippen LogP contribution < -0.4 is 4.72 Å². The highest BCUT2D eigenvalue weighted by molar-refractivity contribution is 7.92. The van der Waals surface area contributed by atoms with Gasteiger partial charge in [0.15, 0.2) is 5.88 Å². The Hall–Kier alpha value is -4.15. The van der Waals surface area contributed by atoms with Crippen molar-refractivity contribution in [1.82, 2.24) is 9.97 Å². The van der Waals surface area contributed by atoms with Crippen molar-refractivity contribution in [2.45, 2.75) is 4.90 Å². The van der Waals surface area contributed by atoms with E-state index in [0.717, 1.165) is 11.5 Å². The first-order chi connectivity index (χ1) is 16.2. The number of nitrogens with zero attached hydrogens (tertiary/aromatic N) is 2. The molecule has 0 aliphatic carbocycles. The number of aromatic amines is 1. The number of hydrogen-bond donors (Lipinski definition) is 3. The number of aromatic nitrogens is 2. The number of halogens is 1. The Morgan fingerprint density at radius 2 is 1.79 bits per heavy atom. The minimum Gasteiger partial charge on any atom is -0.494 e. The van der Waals surface area contributed by atoms with Crippen molar-refractivity contribution >= 4 is 54.8 Å². The van der Waals surface area contributed by atoms with E-state index in [9.17, 15) is 23.6 Å². The fourth-order valence-corrected chi connectivity index (χ4v) is 5.09. The Balaban J connectivity index is 1.59. The third kappa shape index (κ3) is 3.78. The largest absolute Gasteiger partial charge is 0.494 e. The molecule has 0 saturated heterocycles. The average Bonchev–Trinajstić information content (AvgIpc) is 3.14. The van der Waals surface area contributed by atoms with Gasteiger partial charge in [0.05, 0.1) is 31.6 Å². The number of aromatic hydroxyl groups is 1. The number of pyridine rings is 1. The Morgan fingerprint density at radius 1 is 1.00 bits per heavy atom. The topological polar surface area (TPSA) is 138 Å². The van der Waals surface area contributed by atoms with Gasteiger partial charge in [-0.05, 0) is 36.4 Å². The van der Waals surface area contributed by atoms with Crippen LogP contribution in [0.15, 0.2) is 77.7 Å². The molecule has 0 fully saturated rings. The quantitative estimate of drug-likeness (QED) is 0.219. The molecule has 0 saturated carbocycles. The highest BCUT2D eigenvalue weighted by Gasteiger charge is 2.20. The van der Waals surface area contributed by atoms with Crippen LogP contribution in [0.5, 0.6) is 5.88 Å². The summed E-state index contributed by atoms with van der Waals surface area (Å²) in [4.78, 5) is 17.6. The first kappa shape index (κ1) is 21.7. The van der Waals surface area contributed by atoms with Gasteiger partial charge in [-0.25, -0.2) is 13.4 Å². The molecule has 0 aliphatic heterocycles. The second-order valence-corrected chi connectivity index (χ2v) is 9.57. The lowest BCUT2D eigenvalue weighted by Crippen LogP contribution is -2.13. The normalized spacial score (nSPS) is 11.7. The van der Waals surface area contributed by atoms with E-state index in [1.54, 1.807) is 24.3 Å². The minimum atomic E-state index is -4.11. The van der Waals surface area contributed by atoms with Crippen LogP contribution in [0.1, 0.15) is 0 Å². The van der Waals surface area contributed by atoms with Crippen molar-refractivity contribution in [3.63, 3.8) is 0 Å². The standard InChI is InChI=1S/C23H15ClN4O5S/c24-18-12-21(25-19-7-2-1-6-16(18)19)22-17-10-13(8-9-20(17)26-23(22)29)27-34(32,33)15-5-3-4-14(11-15)28(30)31/h1-12,26-27,29H. The number of benzene rings is 3. The SMILES string of the molecule is O=[N+]([O-])c1cccc(S(=O)(=O)Nc2ccc3[nH]c(O)c(-c4cc(Cl)c5ccccc5n4)c3c2)c1. The summed E-state index contributed by atoms with van der Waals surface area (Å²) in [6.45, 7) is 0. The van der Waals surface area contributed by atoms with E-state index in [0.29, 0.717) is 32.7 Å². The fourth-order valence-electron chi connectivity index (χ4n) is 3.74. The van der Waals surface area contributed by atoms with Gasteiger partial charge in [0.1, 0.15) is 0 Å². The molecule has 34 heavy (non-hydrogen) atoms. The molecule has 5 aromatic rings. The first-order valence-corrected chi connectivity index (χ1v) is 11.8. The molecule has 0 atom stereocenters. The third-order valence-corrected chi connectivity index (χ3v) is 6.98. The molecule has 2 heterocycles. The van der Waals surface area contributed by atoms with Gasteiger partial charge < -0.3 is 10.1 Å². The molecule has 11 heteroatoms. The van der Waals surface area contributed by atoms with E-state index in [1.807, 2.05) is 18.2 Å². The number of nitrogens with one attached hydrogen (secondary N) is 2. The Morgan fingerprint density at radius 3 is 2.59 bits per heavy atom.